The number of nitrogens with zero attached hydrogens (tertiary/aromatic N) is 2. The number of hydrogen-bond donors (Lipinski definition) is 0. The summed E-state index contributed by atoms with van der Waals surface area (Å²) in [7, 11) is 0. The van der Waals surface area contributed by atoms with Crippen LogP contribution in [0.25, 0.3) is 0 Å². The van der Waals surface area contributed by atoms with Gasteiger partial charge in [-0.2, -0.15) is 0 Å². The van der Waals surface area contributed by atoms with Gasteiger partial charge in [-0.25, -0.2) is 4.98 Å². The summed E-state index contributed by atoms with van der Waals surface area (Å²) in [6.07, 6.45) is 5.68. The third-order valence-corrected chi connectivity index (χ3v) is 4.09. The van der Waals surface area contributed by atoms with Crippen molar-refractivity contribution in [1.29, 1.82) is 0 Å². The zero-order valence-electron chi connectivity index (χ0n) is 10.1. The van der Waals surface area contributed by atoms with Crippen LogP contribution in [0.15, 0.2) is 16.7 Å². The lowest BCUT2D eigenvalue weighted by molar-refractivity contribution is 0.521. The van der Waals surface area contributed by atoms with Gasteiger partial charge in [-0.15, -0.1) is 11.6 Å². The molecule has 2 heterocycles. The van der Waals surface area contributed by atoms with E-state index in [1.54, 1.807) is 0 Å². The number of pyridine rings is 1. The van der Waals surface area contributed by atoms with Crippen LogP contribution in [-0.2, 0) is 5.88 Å². The third-order valence-electron chi connectivity index (χ3n) is 3.37. The second kappa shape index (κ2) is 6.05. The first-order valence-electron chi connectivity index (χ1n) is 6.16. The Morgan fingerprint density at radius 2 is 2.29 bits per heavy atom. The highest BCUT2D eigenvalue weighted by Crippen LogP contribution is 2.26. The number of alkyl halides is 1. The molecule has 0 amide bonds. The molecule has 0 spiro atoms. The van der Waals surface area contributed by atoms with Crippen molar-refractivity contribution in [2.45, 2.75) is 32.1 Å². The molecule has 1 unspecified atom stereocenters. The third kappa shape index (κ3) is 3.35. The summed E-state index contributed by atoms with van der Waals surface area (Å²) in [5.41, 5.74) is 1.12. The van der Waals surface area contributed by atoms with Crippen LogP contribution in [0.1, 0.15) is 31.7 Å². The summed E-state index contributed by atoms with van der Waals surface area (Å²) in [6, 6.07) is 2.07. The van der Waals surface area contributed by atoms with Gasteiger partial charge in [0.1, 0.15) is 5.82 Å². The van der Waals surface area contributed by atoms with Gasteiger partial charge in [0.25, 0.3) is 0 Å². The van der Waals surface area contributed by atoms with Gasteiger partial charge in [0.15, 0.2) is 0 Å². The molecule has 1 aliphatic heterocycles. The maximum atomic E-state index is 6.01. The molecular formula is C13H18BrClN2. The fourth-order valence-electron chi connectivity index (χ4n) is 2.33. The summed E-state index contributed by atoms with van der Waals surface area (Å²) in [4.78, 5) is 6.92. The van der Waals surface area contributed by atoms with Crippen molar-refractivity contribution in [3.8, 4) is 0 Å². The minimum absolute atomic E-state index is 0.522. The lowest BCUT2D eigenvalue weighted by Crippen LogP contribution is -2.26. The Morgan fingerprint density at radius 1 is 1.47 bits per heavy atom. The first-order chi connectivity index (χ1) is 8.20. The average molecular weight is 318 g/mol. The van der Waals surface area contributed by atoms with E-state index < -0.39 is 0 Å². The van der Waals surface area contributed by atoms with E-state index in [0.717, 1.165) is 34.9 Å². The normalized spacial score (nSPS) is 21.4. The fourth-order valence-corrected chi connectivity index (χ4v) is 2.91. The van der Waals surface area contributed by atoms with E-state index in [2.05, 4.69) is 38.8 Å². The van der Waals surface area contributed by atoms with Gasteiger partial charge < -0.3 is 4.90 Å². The van der Waals surface area contributed by atoms with E-state index >= 15 is 0 Å². The second-order valence-electron chi connectivity index (χ2n) is 4.79. The van der Waals surface area contributed by atoms with Gasteiger partial charge in [-0.05, 0) is 47.2 Å². The summed E-state index contributed by atoms with van der Waals surface area (Å²) < 4.78 is 1.00. The molecule has 0 radical (unpaired) electrons. The minimum atomic E-state index is 0.522. The molecular weight excluding hydrogens is 300 g/mol. The van der Waals surface area contributed by atoms with Crippen LogP contribution in [0.3, 0.4) is 0 Å². The van der Waals surface area contributed by atoms with E-state index in [4.69, 9.17) is 11.6 Å². The minimum Gasteiger partial charge on any atom is -0.356 e. The summed E-state index contributed by atoms with van der Waals surface area (Å²) in [5.74, 6) is 2.42. The van der Waals surface area contributed by atoms with Crippen LogP contribution in [0.2, 0.25) is 0 Å². The predicted octanol–water partition coefficient (Wildman–Crippen LogP) is 4.21. The Hall–Kier alpha value is -0.280. The summed E-state index contributed by atoms with van der Waals surface area (Å²) >= 11 is 9.45. The molecule has 1 saturated heterocycles. The van der Waals surface area contributed by atoms with Crippen molar-refractivity contribution in [1.82, 2.24) is 4.98 Å². The number of halogens is 2. The van der Waals surface area contributed by atoms with E-state index in [-0.39, 0.29) is 0 Å². The lowest BCUT2D eigenvalue weighted by Gasteiger charge is -2.23. The SMILES string of the molecule is CC1CCCN(c2ncc(Br)cc2CCl)CC1. The first kappa shape index (κ1) is 13.2. The molecule has 0 aromatic carbocycles. The van der Waals surface area contributed by atoms with Gasteiger partial charge >= 0.3 is 0 Å². The Morgan fingerprint density at radius 3 is 3.06 bits per heavy atom. The smallest absolute Gasteiger partial charge is 0.133 e. The lowest BCUT2D eigenvalue weighted by atomic mass is 10.0. The van der Waals surface area contributed by atoms with Crippen molar-refractivity contribution in [3.63, 3.8) is 0 Å². The highest BCUT2D eigenvalue weighted by molar-refractivity contribution is 9.10. The highest BCUT2D eigenvalue weighted by Gasteiger charge is 2.17. The molecule has 1 fully saturated rings. The molecule has 0 N–H and O–H groups in total. The molecule has 4 heteroatoms. The van der Waals surface area contributed by atoms with Gasteiger partial charge in [0.05, 0.1) is 5.88 Å². The Balaban J connectivity index is 2.20. The maximum Gasteiger partial charge on any atom is 0.133 e. The van der Waals surface area contributed by atoms with Crippen molar-refractivity contribution < 1.29 is 0 Å². The van der Waals surface area contributed by atoms with Crippen LogP contribution in [0.4, 0.5) is 5.82 Å². The standard InChI is InChI=1S/C13H18BrClN2/c1-10-3-2-5-17(6-4-10)13-11(8-15)7-12(14)9-16-13/h7,9-10H,2-6,8H2,1H3. The molecule has 0 aliphatic carbocycles. The van der Waals surface area contributed by atoms with Crippen LogP contribution >= 0.6 is 27.5 Å². The van der Waals surface area contributed by atoms with Gasteiger partial charge in [0, 0.05) is 29.3 Å². The molecule has 1 atom stereocenters. The number of anilines is 1. The van der Waals surface area contributed by atoms with E-state index in [9.17, 15) is 0 Å². The highest BCUT2D eigenvalue weighted by atomic mass is 79.9. The Labute approximate surface area is 116 Å². The zero-order chi connectivity index (χ0) is 12.3. The molecule has 1 aromatic heterocycles. The van der Waals surface area contributed by atoms with Crippen molar-refractivity contribution >= 4 is 33.3 Å². The molecule has 0 bridgehead atoms. The number of hydrogen-bond acceptors (Lipinski definition) is 2. The molecule has 2 rings (SSSR count). The largest absolute Gasteiger partial charge is 0.356 e. The van der Waals surface area contributed by atoms with Crippen LogP contribution in [-0.4, -0.2) is 18.1 Å². The van der Waals surface area contributed by atoms with Crippen molar-refractivity contribution in [3.05, 3.63) is 22.3 Å². The molecule has 1 aromatic rings. The monoisotopic (exact) mass is 316 g/mol. The molecule has 17 heavy (non-hydrogen) atoms. The fraction of sp³-hybridized carbons (Fsp3) is 0.615. The van der Waals surface area contributed by atoms with Gasteiger partial charge in [-0.3, -0.25) is 0 Å². The molecule has 2 nitrogen and oxygen atoms in total. The summed E-state index contributed by atoms with van der Waals surface area (Å²) in [6.45, 7) is 4.53. The zero-order valence-corrected chi connectivity index (χ0v) is 12.5. The van der Waals surface area contributed by atoms with Crippen LogP contribution in [0.5, 0.6) is 0 Å². The number of rotatable bonds is 2. The van der Waals surface area contributed by atoms with Crippen LogP contribution < -0.4 is 4.90 Å². The van der Waals surface area contributed by atoms with Gasteiger partial charge in [0.2, 0.25) is 0 Å². The topological polar surface area (TPSA) is 16.1 Å². The first-order valence-corrected chi connectivity index (χ1v) is 7.49. The van der Waals surface area contributed by atoms with E-state index in [1.807, 2.05) is 6.20 Å². The van der Waals surface area contributed by atoms with Crippen molar-refractivity contribution in [2.24, 2.45) is 5.92 Å². The Bertz CT molecular complexity index is 384. The number of aromatic nitrogens is 1. The van der Waals surface area contributed by atoms with Gasteiger partial charge in [-0.1, -0.05) is 6.92 Å². The summed E-state index contributed by atoms with van der Waals surface area (Å²) in [5, 5.41) is 0. The molecule has 94 valence electrons. The molecule has 1 aliphatic rings. The van der Waals surface area contributed by atoms with Crippen molar-refractivity contribution in [2.75, 3.05) is 18.0 Å². The predicted molar refractivity (Wildman–Crippen MR) is 76.7 cm³/mol. The Kier molecular flexibility index (Phi) is 4.69. The maximum absolute atomic E-state index is 6.01. The van der Waals surface area contributed by atoms with Crippen LogP contribution in [0, 0.1) is 5.92 Å². The molecule has 0 saturated carbocycles. The van der Waals surface area contributed by atoms with E-state index in [1.165, 1.54) is 19.3 Å². The average Bonchev–Trinajstić information content (AvgIpc) is 2.54. The van der Waals surface area contributed by atoms with E-state index in [0.29, 0.717) is 5.88 Å². The second-order valence-corrected chi connectivity index (χ2v) is 5.98. The quantitative estimate of drug-likeness (QED) is 0.760.